The number of fused-ring (bicyclic) bond motifs is 1. The molecule has 0 bridgehead atoms. The first kappa shape index (κ1) is 14.5. The molecule has 21 heavy (non-hydrogen) atoms. The molecule has 1 aromatic carbocycles. The van der Waals surface area contributed by atoms with Crippen molar-refractivity contribution in [1.29, 1.82) is 0 Å². The van der Waals surface area contributed by atoms with Gasteiger partial charge in [-0.2, -0.15) is 5.10 Å². The topological polar surface area (TPSA) is 78.1 Å². The predicted molar refractivity (Wildman–Crippen MR) is 82.3 cm³/mol. The number of nitrogens with one attached hydrogen (secondary N) is 2. The van der Waals surface area contributed by atoms with Crippen LogP contribution in [0.4, 0.5) is 0 Å². The van der Waals surface area contributed by atoms with E-state index in [0.29, 0.717) is 19.0 Å². The standard InChI is InChI=1S/C14H20N4O2S/c1-2-21(19,20)18-9-11(10-18)6-15-7-12-4-3-5-13-8-16-17-14(12)13/h3-5,8,11,15H,2,6-7,9-10H2,1H3,(H,16,17). The summed E-state index contributed by atoms with van der Waals surface area (Å²) in [6, 6.07) is 6.12. The molecule has 0 amide bonds. The van der Waals surface area contributed by atoms with Gasteiger partial charge in [-0.3, -0.25) is 5.10 Å². The molecule has 7 heteroatoms. The number of aromatic amines is 1. The molecule has 0 unspecified atom stereocenters. The van der Waals surface area contributed by atoms with Gasteiger partial charge in [-0.15, -0.1) is 0 Å². The molecule has 2 N–H and O–H groups in total. The molecule has 2 heterocycles. The molecule has 3 rings (SSSR count). The summed E-state index contributed by atoms with van der Waals surface area (Å²) in [4.78, 5) is 0. The van der Waals surface area contributed by atoms with Crippen LogP contribution in [0, 0.1) is 5.92 Å². The third-order valence-electron chi connectivity index (χ3n) is 3.99. The van der Waals surface area contributed by atoms with Gasteiger partial charge in [0.15, 0.2) is 0 Å². The van der Waals surface area contributed by atoms with E-state index in [1.165, 1.54) is 5.56 Å². The summed E-state index contributed by atoms with van der Waals surface area (Å²) < 4.78 is 24.8. The Balaban J connectivity index is 1.49. The minimum absolute atomic E-state index is 0.189. The molecule has 114 valence electrons. The summed E-state index contributed by atoms with van der Waals surface area (Å²) in [5.74, 6) is 0.599. The Kier molecular flexibility index (Phi) is 3.97. The van der Waals surface area contributed by atoms with E-state index in [2.05, 4.69) is 21.6 Å². The Morgan fingerprint density at radius 2 is 2.24 bits per heavy atom. The van der Waals surface area contributed by atoms with Gasteiger partial charge in [0.25, 0.3) is 0 Å². The minimum atomic E-state index is -3.00. The van der Waals surface area contributed by atoms with Gasteiger partial charge in [0.1, 0.15) is 0 Å². The van der Waals surface area contributed by atoms with Gasteiger partial charge in [0.2, 0.25) is 10.0 Å². The van der Waals surface area contributed by atoms with Crippen LogP contribution in [0.2, 0.25) is 0 Å². The number of aromatic nitrogens is 2. The molecule has 0 aliphatic carbocycles. The Morgan fingerprint density at radius 3 is 3.00 bits per heavy atom. The largest absolute Gasteiger partial charge is 0.312 e. The lowest BCUT2D eigenvalue weighted by Crippen LogP contribution is -2.53. The maximum atomic E-state index is 11.6. The molecule has 0 saturated carbocycles. The van der Waals surface area contributed by atoms with Crippen molar-refractivity contribution in [2.45, 2.75) is 13.5 Å². The van der Waals surface area contributed by atoms with E-state index in [0.717, 1.165) is 24.0 Å². The Bertz CT molecular complexity index is 719. The van der Waals surface area contributed by atoms with Crippen LogP contribution in [-0.4, -0.2) is 48.3 Å². The molecule has 2 aromatic rings. The highest BCUT2D eigenvalue weighted by Gasteiger charge is 2.33. The zero-order valence-electron chi connectivity index (χ0n) is 12.0. The second-order valence-corrected chi connectivity index (χ2v) is 7.72. The van der Waals surface area contributed by atoms with Crippen LogP contribution in [0.5, 0.6) is 0 Å². The van der Waals surface area contributed by atoms with E-state index in [4.69, 9.17) is 0 Å². The van der Waals surface area contributed by atoms with Crippen molar-refractivity contribution >= 4 is 20.9 Å². The fourth-order valence-corrected chi connectivity index (χ4v) is 3.89. The Morgan fingerprint density at radius 1 is 1.43 bits per heavy atom. The summed E-state index contributed by atoms with van der Waals surface area (Å²) >= 11 is 0. The van der Waals surface area contributed by atoms with Gasteiger partial charge in [-0.25, -0.2) is 12.7 Å². The van der Waals surface area contributed by atoms with Crippen molar-refractivity contribution in [3.05, 3.63) is 30.0 Å². The molecule has 0 atom stereocenters. The highest BCUT2D eigenvalue weighted by molar-refractivity contribution is 7.89. The minimum Gasteiger partial charge on any atom is -0.312 e. The molecule has 1 aliphatic rings. The van der Waals surface area contributed by atoms with Crippen LogP contribution in [0.1, 0.15) is 12.5 Å². The summed E-state index contributed by atoms with van der Waals surface area (Å²) in [6.45, 7) is 4.55. The van der Waals surface area contributed by atoms with Gasteiger partial charge >= 0.3 is 0 Å². The normalized spacial score (nSPS) is 17.2. The summed E-state index contributed by atoms with van der Waals surface area (Å²) in [5, 5.41) is 11.6. The highest BCUT2D eigenvalue weighted by atomic mass is 32.2. The lowest BCUT2D eigenvalue weighted by atomic mass is 10.0. The van der Waals surface area contributed by atoms with E-state index < -0.39 is 10.0 Å². The van der Waals surface area contributed by atoms with Crippen molar-refractivity contribution < 1.29 is 8.42 Å². The number of benzene rings is 1. The number of H-pyrrole nitrogens is 1. The monoisotopic (exact) mass is 308 g/mol. The van der Waals surface area contributed by atoms with Crippen LogP contribution in [-0.2, 0) is 16.6 Å². The van der Waals surface area contributed by atoms with Crippen molar-refractivity contribution in [2.75, 3.05) is 25.4 Å². The SMILES string of the molecule is CCS(=O)(=O)N1CC(CNCc2cccc3cn[nH]c23)C1. The van der Waals surface area contributed by atoms with Gasteiger partial charge in [-0.1, -0.05) is 18.2 Å². The van der Waals surface area contributed by atoms with E-state index in [9.17, 15) is 8.42 Å². The molecule has 1 fully saturated rings. The number of nitrogens with zero attached hydrogens (tertiary/aromatic N) is 2. The van der Waals surface area contributed by atoms with Crippen molar-refractivity contribution in [3.8, 4) is 0 Å². The molecule has 1 aromatic heterocycles. The lowest BCUT2D eigenvalue weighted by molar-refractivity contribution is 0.196. The average Bonchev–Trinajstić information content (AvgIpc) is 2.90. The van der Waals surface area contributed by atoms with E-state index in [1.54, 1.807) is 11.2 Å². The molecule has 1 saturated heterocycles. The van der Waals surface area contributed by atoms with Crippen molar-refractivity contribution in [3.63, 3.8) is 0 Å². The first-order valence-electron chi connectivity index (χ1n) is 7.19. The fraction of sp³-hybridized carbons (Fsp3) is 0.500. The maximum Gasteiger partial charge on any atom is 0.213 e. The van der Waals surface area contributed by atoms with Crippen LogP contribution >= 0.6 is 0 Å². The zero-order valence-corrected chi connectivity index (χ0v) is 12.9. The third kappa shape index (κ3) is 2.95. The summed E-state index contributed by atoms with van der Waals surface area (Å²) in [5.41, 5.74) is 2.25. The molecule has 0 spiro atoms. The van der Waals surface area contributed by atoms with E-state index in [1.807, 2.05) is 18.3 Å². The number of rotatable bonds is 6. The lowest BCUT2D eigenvalue weighted by Gasteiger charge is -2.38. The quantitative estimate of drug-likeness (QED) is 0.832. The second kappa shape index (κ2) is 5.75. The van der Waals surface area contributed by atoms with E-state index in [-0.39, 0.29) is 5.75 Å². The first-order valence-corrected chi connectivity index (χ1v) is 8.80. The predicted octanol–water partition coefficient (Wildman–Crippen LogP) is 0.934. The van der Waals surface area contributed by atoms with Crippen LogP contribution in [0.15, 0.2) is 24.4 Å². The molecule has 1 aliphatic heterocycles. The third-order valence-corrected chi connectivity index (χ3v) is 5.81. The number of para-hydroxylation sites is 1. The highest BCUT2D eigenvalue weighted by Crippen LogP contribution is 2.20. The zero-order chi connectivity index (χ0) is 14.9. The number of hydrogen-bond acceptors (Lipinski definition) is 4. The van der Waals surface area contributed by atoms with Crippen molar-refractivity contribution in [2.24, 2.45) is 5.92 Å². The van der Waals surface area contributed by atoms with Crippen LogP contribution in [0.3, 0.4) is 0 Å². The number of hydrogen-bond donors (Lipinski definition) is 2. The Labute approximate surface area is 124 Å². The maximum absolute atomic E-state index is 11.6. The molecular formula is C14H20N4O2S. The summed E-state index contributed by atoms with van der Waals surface area (Å²) in [6.07, 6.45) is 1.82. The molecule has 0 radical (unpaired) electrons. The molecule has 6 nitrogen and oxygen atoms in total. The summed E-state index contributed by atoms with van der Waals surface area (Å²) in [7, 11) is -3.00. The van der Waals surface area contributed by atoms with Crippen molar-refractivity contribution in [1.82, 2.24) is 19.8 Å². The van der Waals surface area contributed by atoms with Gasteiger partial charge in [-0.05, 0) is 18.4 Å². The van der Waals surface area contributed by atoms with E-state index >= 15 is 0 Å². The number of sulfonamides is 1. The van der Waals surface area contributed by atoms with Gasteiger partial charge in [0, 0.05) is 31.6 Å². The van der Waals surface area contributed by atoms with Gasteiger partial charge in [0.05, 0.1) is 17.5 Å². The first-order chi connectivity index (χ1) is 10.1. The molecular weight excluding hydrogens is 288 g/mol. The Hall–Kier alpha value is -1.44. The average molecular weight is 308 g/mol. The fourth-order valence-electron chi connectivity index (χ4n) is 2.65. The smallest absolute Gasteiger partial charge is 0.213 e. The van der Waals surface area contributed by atoms with Gasteiger partial charge < -0.3 is 5.32 Å². The van der Waals surface area contributed by atoms with Crippen LogP contribution < -0.4 is 5.32 Å². The van der Waals surface area contributed by atoms with Crippen LogP contribution in [0.25, 0.3) is 10.9 Å². The second-order valence-electron chi connectivity index (χ2n) is 5.47.